The molecule has 1 atom stereocenters. The van der Waals surface area contributed by atoms with Crippen molar-refractivity contribution in [3.63, 3.8) is 0 Å². The molecule has 108 valence electrons. The lowest BCUT2D eigenvalue weighted by molar-refractivity contribution is -0.137. The number of pyridine rings is 1. The third-order valence-corrected chi connectivity index (χ3v) is 2.58. The van der Waals surface area contributed by atoms with Crippen LogP contribution in [0, 0.1) is 5.92 Å². The fourth-order valence-corrected chi connectivity index (χ4v) is 1.81. The second kappa shape index (κ2) is 6.43. The summed E-state index contributed by atoms with van der Waals surface area (Å²) in [5, 5.41) is 12.1. The highest BCUT2D eigenvalue weighted by atomic mass is 35.5. The van der Waals surface area contributed by atoms with E-state index in [4.69, 9.17) is 11.6 Å². The highest BCUT2D eigenvalue weighted by molar-refractivity contribution is 6.29. The summed E-state index contributed by atoms with van der Waals surface area (Å²) >= 11 is 5.54. The summed E-state index contributed by atoms with van der Waals surface area (Å²) in [6.07, 6.45) is -4.56. The molecule has 0 aromatic carbocycles. The molecule has 3 nitrogen and oxygen atoms in total. The van der Waals surface area contributed by atoms with Crippen LogP contribution in [-0.4, -0.2) is 22.7 Å². The van der Waals surface area contributed by atoms with E-state index < -0.39 is 17.8 Å². The maximum atomic E-state index is 12.6. The molecule has 0 amide bonds. The molecule has 19 heavy (non-hydrogen) atoms. The Balaban J connectivity index is 2.71. The normalized spacial score (nSPS) is 13.7. The van der Waals surface area contributed by atoms with Crippen molar-refractivity contribution in [3.8, 4) is 0 Å². The van der Waals surface area contributed by atoms with Crippen molar-refractivity contribution in [2.24, 2.45) is 5.92 Å². The number of rotatable bonds is 5. The van der Waals surface area contributed by atoms with Crippen LogP contribution in [0.25, 0.3) is 0 Å². The number of aromatic nitrogens is 1. The Morgan fingerprint density at radius 1 is 1.37 bits per heavy atom. The van der Waals surface area contributed by atoms with Crippen LogP contribution in [0.1, 0.15) is 25.8 Å². The van der Waals surface area contributed by atoms with Gasteiger partial charge in [0.1, 0.15) is 11.0 Å². The predicted octanol–water partition coefficient (Wildman–Crippen LogP) is 3.57. The molecule has 0 saturated carbocycles. The zero-order valence-corrected chi connectivity index (χ0v) is 11.4. The van der Waals surface area contributed by atoms with Crippen LogP contribution in [-0.2, 0) is 6.18 Å². The summed E-state index contributed by atoms with van der Waals surface area (Å²) in [5.74, 6) is 0.303. The van der Waals surface area contributed by atoms with Gasteiger partial charge in [0.15, 0.2) is 0 Å². The van der Waals surface area contributed by atoms with Crippen LogP contribution in [0.2, 0.25) is 5.15 Å². The maximum Gasteiger partial charge on any atom is 0.416 e. The van der Waals surface area contributed by atoms with Crippen molar-refractivity contribution in [2.75, 3.05) is 11.9 Å². The molecular weight excluding hydrogens is 281 g/mol. The molecule has 7 heteroatoms. The molecule has 0 aliphatic rings. The molecule has 2 N–H and O–H groups in total. The van der Waals surface area contributed by atoms with Crippen LogP contribution in [0.5, 0.6) is 0 Å². The average molecular weight is 297 g/mol. The minimum atomic E-state index is -4.47. The van der Waals surface area contributed by atoms with E-state index in [0.717, 1.165) is 12.1 Å². The molecule has 0 bridgehead atoms. The first-order chi connectivity index (χ1) is 8.68. The van der Waals surface area contributed by atoms with Crippen molar-refractivity contribution < 1.29 is 18.3 Å². The lowest BCUT2D eigenvalue weighted by Crippen LogP contribution is -2.22. The molecule has 0 saturated heterocycles. The van der Waals surface area contributed by atoms with E-state index in [1.165, 1.54) is 0 Å². The average Bonchev–Trinajstić information content (AvgIpc) is 2.23. The molecular formula is C12H16ClF3N2O. The molecule has 1 aromatic rings. The third-order valence-electron chi connectivity index (χ3n) is 2.38. The summed E-state index contributed by atoms with van der Waals surface area (Å²) in [7, 11) is 0. The van der Waals surface area contributed by atoms with Gasteiger partial charge in [0, 0.05) is 6.54 Å². The summed E-state index contributed by atoms with van der Waals surface area (Å²) in [4.78, 5) is 3.74. The monoisotopic (exact) mass is 296 g/mol. The van der Waals surface area contributed by atoms with Gasteiger partial charge in [0.25, 0.3) is 0 Å². The summed E-state index contributed by atoms with van der Waals surface area (Å²) in [6, 6.07) is 1.63. The number of hydrogen-bond donors (Lipinski definition) is 2. The minimum Gasteiger partial charge on any atom is -0.391 e. The van der Waals surface area contributed by atoms with Gasteiger partial charge < -0.3 is 10.4 Å². The second-order valence-electron chi connectivity index (χ2n) is 4.73. The van der Waals surface area contributed by atoms with Gasteiger partial charge in [-0.25, -0.2) is 4.98 Å². The van der Waals surface area contributed by atoms with E-state index in [1.54, 1.807) is 0 Å². The lowest BCUT2D eigenvalue weighted by atomic mass is 10.1. The zero-order chi connectivity index (χ0) is 14.6. The van der Waals surface area contributed by atoms with Crippen molar-refractivity contribution in [1.82, 2.24) is 4.98 Å². The van der Waals surface area contributed by atoms with Gasteiger partial charge in [-0.05, 0) is 24.5 Å². The molecule has 0 radical (unpaired) electrons. The molecule has 0 spiro atoms. The minimum absolute atomic E-state index is 0.00244. The van der Waals surface area contributed by atoms with Crippen LogP contribution in [0.4, 0.5) is 19.0 Å². The summed E-state index contributed by atoms with van der Waals surface area (Å²) in [6.45, 7) is 4.02. The zero-order valence-electron chi connectivity index (χ0n) is 10.6. The van der Waals surface area contributed by atoms with Gasteiger partial charge in [0.05, 0.1) is 11.7 Å². The van der Waals surface area contributed by atoms with Gasteiger partial charge in [-0.15, -0.1) is 0 Å². The van der Waals surface area contributed by atoms with Gasteiger partial charge >= 0.3 is 6.18 Å². The van der Waals surface area contributed by atoms with E-state index in [2.05, 4.69) is 10.3 Å². The van der Waals surface area contributed by atoms with E-state index >= 15 is 0 Å². The number of nitrogens with zero attached hydrogens (tertiary/aromatic N) is 1. The van der Waals surface area contributed by atoms with Gasteiger partial charge in [-0.3, -0.25) is 0 Å². The van der Waals surface area contributed by atoms with E-state index in [0.29, 0.717) is 12.3 Å². The Kier molecular flexibility index (Phi) is 5.43. The second-order valence-corrected chi connectivity index (χ2v) is 5.11. The SMILES string of the molecule is CC(C)CC(O)CNc1cc(C(F)(F)F)cc(Cl)n1. The van der Waals surface area contributed by atoms with Gasteiger partial charge in [0.2, 0.25) is 0 Å². The molecule has 0 aliphatic carbocycles. The maximum absolute atomic E-state index is 12.6. The number of aliphatic hydroxyl groups is 1. The summed E-state index contributed by atoms with van der Waals surface area (Å²) in [5.41, 5.74) is -0.867. The third kappa shape index (κ3) is 5.65. The first-order valence-electron chi connectivity index (χ1n) is 5.85. The molecule has 1 unspecified atom stereocenters. The molecule has 1 rings (SSSR count). The van der Waals surface area contributed by atoms with Gasteiger partial charge in [-0.2, -0.15) is 13.2 Å². The number of nitrogens with one attached hydrogen (secondary N) is 1. The standard InChI is InChI=1S/C12H16ClF3N2O/c1-7(2)3-9(19)6-17-11-5-8(12(14,15)16)4-10(13)18-11/h4-5,7,9,19H,3,6H2,1-2H3,(H,17,18). The molecule has 0 fully saturated rings. The van der Waals surface area contributed by atoms with Crippen LogP contribution < -0.4 is 5.32 Å². The first kappa shape index (κ1) is 16.0. The fraction of sp³-hybridized carbons (Fsp3) is 0.583. The molecule has 1 aromatic heterocycles. The van der Waals surface area contributed by atoms with Crippen LogP contribution in [0.3, 0.4) is 0 Å². The van der Waals surface area contributed by atoms with Crippen molar-refractivity contribution >= 4 is 17.4 Å². The smallest absolute Gasteiger partial charge is 0.391 e. The number of alkyl halides is 3. The van der Waals surface area contributed by atoms with Crippen LogP contribution >= 0.6 is 11.6 Å². The van der Waals surface area contributed by atoms with Crippen molar-refractivity contribution in [2.45, 2.75) is 32.5 Å². The number of halogens is 4. The van der Waals surface area contributed by atoms with E-state index in [-0.39, 0.29) is 17.5 Å². The Labute approximate surface area is 114 Å². The van der Waals surface area contributed by atoms with Crippen molar-refractivity contribution in [3.05, 3.63) is 22.8 Å². The quantitative estimate of drug-likeness (QED) is 0.817. The largest absolute Gasteiger partial charge is 0.416 e. The number of anilines is 1. The topological polar surface area (TPSA) is 45.1 Å². The Bertz CT molecular complexity index is 424. The Hall–Kier alpha value is -1.01. The summed E-state index contributed by atoms with van der Waals surface area (Å²) < 4.78 is 37.7. The predicted molar refractivity (Wildman–Crippen MR) is 68.2 cm³/mol. The van der Waals surface area contributed by atoms with Crippen molar-refractivity contribution in [1.29, 1.82) is 0 Å². The number of hydrogen-bond acceptors (Lipinski definition) is 3. The molecule has 1 heterocycles. The highest BCUT2D eigenvalue weighted by Crippen LogP contribution is 2.31. The fourth-order valence-electron chi connectivity index (χ4n) is 1.60. The van der Waals surface area contributed by atoms with Gasteiger partial charge in [-0.1, -0.05) is 25.4 Å². The number of aliphatic hydroxyl groups excluding tert-OH is 1. The Morgan fingerprint density at radius 3 is 2.53 bits per heavy atom. The van der Waals surface area contributed by atoms with Crippen LogP contribution in [0.15, 0.2) is 12.1 Å². The Morgan fingerprint density at radius 2 is 2.00 bits per heavy atom. The lowest BCUT2D eigenvalue weighted by Gasteiger charge is -2.15. The molecule has 0 aliphatic heterocycles. The highest BCUT2D eigenvalue weighted by Gasteiger charge is 2.31. The van der Waals surface area contributed by atoms with E-state index in [9.17, 15) is 18.3 Å². The van der Waals surface area contributed by atoms with E-state index in [1.807, 2.05) is 13.8 Å². The first-order valence-corrected chi connectivity index (χ1v) is 6.23.